The molecular formula is C12H11ClO2. The maximum absolute atomic E-state index is 11.5. The van der Waals surface area contributed by atoms with Crippen molar-refractivity contribution in [3.05, 3.63) is 53.6 Å². The van der Waals surface area contributed by atoms with Gasteiger partial charge in [0.1, 0.15) is 0 Å². The SMILES string of the molecule is C=C/C=C(/C(=O)OC)c1ccccc1Cl. The smallest absolute Gasteiger partial charge is 0.338 e. The fourth-order valence-electron chi connectivity index (χ4n) is 1.18. The van der Waals surface area contributed by atoms with Crippen molar-refractivity contribution in [1.29, 1.82) is 0 Å². The molecular weight excluding hydrogens is 212 g/mol. The molecule has 0 fully saturated rings. The third-order valence-electron chi connectivity index (χ3n) is 1.85. The molecule has 0 atom stereocenters. The lowest BCUT2D eigenvalue weighted by Gasteiger charge is -2.06. The van der Waals surface area contributed by atoms with Crippen molar-refractivity contribution in [2.75, 3.05) is 7.11 Å². The highest BCUT2D eigenvalue weighted by molar-refractivity contribution is 6.34. The third-order valence-corrected chi connectivity index (χ3v) is 2.18. The van der Waals surface area contributed by atoms with E-state index in [9.17, 15) is 4.79 Å². The number of benzene rings is 1. The Balaban J connectivity index is 3.22. The summed E-state index contributed by atoms with van der Waals surface area (Å²) in [4.78, 5) is 11.5. The number of hydrogen-bond donors (Lipinski definition) is 0. The highest BCUT2D eigenvalue weighted by atomic mass is 35.5. The van der Waals surface area contributed by atoms with Crippen molar-refractivity contribution in [2.24, 2.45) is 0 Å². The quantitative estimate of drug-likeness (QED) is 0.446. The second-order valence-electron chi connectivity index (χ2n) is 2.79. The molecule has 0 amide bonds. The maximum Gasteiger partial charge on any atom is 0.338 e. The van der Waals surface area contributed by atoms with Crippen LogP contribution in [-0.2, 0) is 9.53 Å². The molecule has 0 radical (unpaired) electrons. The molecule has 1 aromatic rings. The first-order valence-corrected chi connectivity index (χ1v) is 4.74. The minimum atomic E-state index is -0.428. The van der Waals surface area contributed by atoms with E-state index >= 15 is 0 Å². The predicted molar refractivity (Wildman–Crippen MR) is 61.6 cm³/mol. The van der Waals surface area contributed by atoms with Gasteiger partial charge in [0.05, 0.1) is 12.7 Å². The van der Waals surface area contributed by atoms with Gasteiger partial charge in [-0.3, -0.25) is 0 Å². The van der Waals surface area contributed by atoms with Gasteiger partial charge >= 0.3 is 5.97 Å². The molecule has 0 aliphatic rings. The summed E-state index contributed by atoms with van der Waals surface area (Å²) in [5, 5.41) is 0.510. The van der Waals surface area contributed by atoms with Gasteiger partial charge in [-0.05, 0) is 12.1 Å². The summed E-state index contributed by atoms with van der Waals surface area (Å²) < 4.78 is 4.66. The Morgan fingerprint density at radius 2 is 2.13 bits per heavy atom. The molecule has 1 rings (SSSR count). The summed E-state index contributed by atoms with van der Waals surface area (Å²) >= 11 is 5.97. The minimum absolute atomic E-state index is 0.401. The van der Waals surface area contributed by atoms with Gasteiger partial charge in [0.15, 0.2) is 0 Å². The normalized spacial score (nSPS) is 10.9. The molecule has 0 saturated carbocycles. The lowest BCUT2D eigenvalue weighted by Crippen LogP contribution is -2.04. The Kier molecular flexibility index (Phi) is 4.13. The lowest BCUT2D eigenvalue weighted by molar-refractivity contribution is -0.133. The van der Waals surface area contributed by atoms with Crippen LogP contribution in [0.1, 0.15) is 5.56 Å². The van der Waals surface area contributed by atoms with Crippen LogP contribution in [0.25, 0.3) is 5.57 Å². The van der Waals surface area contributed by atoms with Gasteiger partial charge in [-0.2, -0.15) is 0 Å². The molecule has 2 nitrogen and oxygen atoms in total. The van der Waals surface area contributed by atoms with Gasteiger partial charge in [-0.1, -0.05) is 42.5 Å². The van der Waals surface area contributed by atoms with Crippen LogP contribution < -0.4 is 0 Å². The van der Waals surface area contributed by atoms with Gasteiger partial charge in [-0.15, -0.1) is 0 Å². The number of allylic oxidation sites excluding steroid dienone is 2. The summed E-state index contributed by atoms with van der Waals surface area (Å²) in [5.74, 6) is -0.428. The van der Waals surface area contributed by atoms with Crippen molar-refractivity contribution >= 4 is 23.1 Å². The van der Waals surface area contributed by atoms with E-state index in [1.165, 1.54) is 13.2 Å². The lowest BCUT2D eigenvalue weighted by atomic mass is 10.1. The summed E-state index contributed by atoms with van der Waals surface area (Å²) in [7, 11) is 1.33. The second kappa shape index (κ2) is 5.37. The van der Waals surface area contributed by atoms with E-state index in [4.69, 9.17) is 11.6 Å². The van der Waals surface area contributed by atoms with E-state index in [2.05, 4.69) is 11.3 Å². The number of halogens is 1. The molecule has 0 N–H and O–H groups in total. The van der Waals surface area contributed by atoms with Crippen LogP contribution in [0, 0.1) is 0 Å². The Morgan fingerprint density at radius 3 is 2.67 bits per heavy atom. The van der Waals surface area contributed by atoms with Crippen LogP contribution in [0.2, 0.25) is 5.02 Å². The van der Waals surface area contributed by atoms with Crippen LogP contribution >= 0.6 is 11.6 Å². The number of rotatable bonds is 3. The molecule has 15 heavy (non-hydrogen) atoms. The first-order valence-electron chi connectivity index (χ1n) is 4.36. The number of methoxy groups -OCH3 is 1. The molecule has 0 aliphatic heterocycles. The van der Waals surface area contributed by atoms with Crippen LogP contribution in [0.3, 0.4) is 0 Å². The first kappa shape index (κ1) is 11.5. The molecule has 0 aromatic heterocycles. The van der Waals surface area contributed by atoms with Crippen LogP contribution in [-0.4, -0.2) is 13.1 Å². The van der Waals surface area contributed by atoms with Gasteiger partial charge in [-0.25, -0.2) is 4.79 Å². The molecule has 0 saturated heterocycles. The molecule has 0 bridgehead atoms. The van der Waals surface area contributed by atoms with Gasteiger partial charge in [0.25, 0.3) is 0 Å². The van der Waals surface area contributed by atoms with Gasteiger partial charge in [0.2, 0.25) is 0 Å². The van der Waals surface area contributed by atoms with E-state index in [1.54, 1.807) is 30.3 Å². The average Bonchev–Trinajstić information content (AvgIpc) is 2.26. The van der Waals surface area contributed by atoms with Gasteiger partial charge < -0.3 is 4.74 Å². The Labute approximate surface area is 93.8 Å². The molecule has 0 spiro atoms. The Hall–Kier alpha value is -1.54. The number of hydrogen-bond acceptors (Lipinski definition) is 2. The monoisotopic (exact) mass is 222 g/mol. The fourth-order valence-corrected chi connectivity index (χ4v) is 1.41. The minimum Gasteiger partial charge on any atom is -0.465 e. The summed E-state index contributed by atoms with van der Waals surface area (Å²) in [6.45, 7) is 3.55. The summed E-state index contributed by atoms with van der Waals surface area (Å²) in [6, 6.07) is 7.08. The van der Waals surface area contributed by atoms with Crippen molar-refractivity contribution < 1.29 is 9.53 Å². The van der Waals surface area contributed by atoms with Crippen molar-refractivity contribution in [3.8, 4) is 0 Å². The second-order valence-corrected chi connectivity index (χ2v) is 3.19. The van der Waals surface area contributed by atoms with Crippen LogP contribution in [0.5, 0.6) is 0 Å². The maximum atomic E-state index is 11.5. The number of esters is 1. The zero-order chi connectivity index (χ0) is 11.3. The molecule has 0 heterocycles. The molecule has 78 valence electrons. The fraction of sp³-hybridized carbons (Fsp3) is 0.0833. The largest absolute Gasteiger partial charge is 0.465 e. The highest BCUT2D eigenvalue weighted by Crippen LogP contribution is 2.24. The van der Waals surface area contributed by atoms with Crippen LogP contribution in [0.4, 0.5) is 0 Å². The topological polar surface area (TPSA) is 26.3 Å². The molecule has 0 aliphatic carbocycles. The predicted octanol–water partition coefficient (Wildman–Crippen LogP) is 3.08. The number of carbonyl (C=O) groups is 1. The zero-order valence-corrected chi connectivity index (χ0v) is 9.12. The van der Waals surface area contributed by atoms with Crippen molar-refractivity contribution in [1.82, 2.24) is 0 Å². The molecule has 3 heteroatoms. The van der Waals surface area contributed by atoms with E-state index in [1.807, 2.05) is 0 Å². The van der Waals surface area contributed by atoms with E-state index in [0.29, 0.717) is 16.2 Å². The zero-order valence-electron chi connectivity index (χ0n) is 8.37. The average molecular weight is 223 g/mol. The number of carbonyl (C=O) groups excluding carboxylic acids is 1. The first-order chi connectivity index (χ1) is 7.20. The van der Waals surface area contributed by atoms with E-state index < -0.39 is 5.97 Å². The number of ether oxygens (including phenoxy) is 1. The van der Waals surface area contributed by atoms with E-state index in [-0.39, 0.29) is 0 Å². The molecule has 0 unspecified atom stereocenters. The highest BCUT2D eigenvalue weighted by Gasteiger charge is 2.13. The van der Waals surface area contributed by atoms with Gasteiger partial charge in [0, 0.05) is 10.6 Å². The standard InChI is InChI=1S/C12H11ClO2/c1-3-6-10(12(14)15-2)9-7-4-5-8-11(9)13/h3-8H,1H2,2H3/b10-6+. The third kappa shape index (κ3) is 2.70. The van der Waals surface area contributed by atoms with Crippen molar-refractivity contribution in [2.45, 2.75) is 0 Å². The van der Waals surface area contributed by atoms with E-state index in [0.717, 1.165) is 0 Å². The summed E-state index contributed by atoms with van der Waals surface area (Å²) in [6.07, 6.45) is 3.10. The summed E-state index contributed by atoms with van der Waals surface area (Å²) in [5.41, 5.74) is 1.05. The Morgan fingerprint density at radius 1 is 1.47 bits per heavy atom. The Bertz CT molecular complexity index is 408. The molecule has 1 aromatic carbocycles. The van der Waals surface area contributed by atoms with Crippen molar-refractivity contribution in [3.63, 3.8) is 0 Å². The van der Waals surface area contributed by atoms with Crippen LogP contribution in [0.15, 0.2) is 43.0 Å².